The average molecular weight is 748 g/mol. The summed E-state index contributed by atoms with van der Waals surface area (Å²) in [6, 6.07) is 0. The number of nitrogens with zero attached hydrogens (tertiary/aromatic N) is 2. The molecule has 0 amide bonds. The summed E-state index contributed by atoms with van der Waals surface area (Å²) in [6.07, 6.45) is 9.75. The van der Waals surface area contributed by atoms with Gasteiger partial charge in [-0.15, -0.1) is 0 Å². The van der Waals surface area contributed by atoms with E-state index in [1.807, 2.05) is 0 Å². The number of hydrogen-bond acceptors (Lipinski definition) is 4. The van der Waals surface area contributed by atoms with Gasteiger partial charge in [0.15, 0.2) is 0 Å². The van der Waals surface area contributed by atoms with Crippen molar-refractivity contribution in [3.63, 3.8) is 0 Å². The third kappa shape index (κ3) is 34.4. The SMILES string of the molecule is CC(CCN(CCC(C)CC(C)(C)C)C(=S)[S-])CC(C)(C)C.CC(CCN(CCC(C)CC(C)(C)C)C(=S)[S-])CC(C)(C)C.[Ni+2]. The molecule has 0 saturated carbocycles. The van der Waals surface area contributed by atoms with Gasteiger partial charge in [0.05, 0.1) is 0 Å². The van der Waals surface area contributed by atoms with Crippen LogP contribution in [-0.4, -0.2) is 44.6 Å². The van der Waals surface area contributed by atoms with Gasteiger partial charge in [0, 0.05) is 26.2 Å². The van der Waals surface area contributed by atoms with Gasteiger partial charge in [-0.05, 0) is 96.7 Å². The molecule has 0 aliphatic heterocycles. The Kier molecular flexibility index (Phi) is 25.8. The number of hydrogen-bond donors (Lipinski definition) is 0. The molecule has 0 aromatic rings. The Hall–Kier alpha value is 0.714. The van der Waals surface area contributed by atoms with Crippen LogP contribution < -0.4 is 0 Å². The molecule has 0 N–H and O–H groups in total. The topological polar surface area (TPSA) is 6.48 Å². The van der Waals surface area contributed by atoms with E-state index >= 15 is 0 Å². The fraction of sp³-hybridized carbons (Fsp3) is 0.947. The predicted molar refractivity (Wildman–Crippen MR) is 214 cm³/mol. The van der Waals surface area contributed by atoms with E-state index in [4.69, 9.17) is 49.7 Å². The van der Waals surface area contributed by atoms with Gasteiger partial charge in [-0.25, -0.2) is 0 Å². The smallest absolute Gasteiger partial charge is 0.411 e. The first-order valence-corrected chi connectivity index (χ1v) is 19.2. The molecule has 45 heavy (non-hydrogen) atoms. The van der Waals surface area contributed by atoms with Crippen LogP contribution in [0.1, 0.15) is 162 Å². The van der Waals surface area contributed by atoms with Crippen LogP contribution in [0, 0.1) is 45.3 Å². The Morgan fingerprint density at radius 2 is 0.600 bits per heavy atom. The summed E-state index contributed by atoms with van der Waals surface area (Å²) < 4.78 is 1.29. The quantitative estimate of drug-likeness (QED) is 0.0875. The maximum Gasteiger partial charge on any atom is 2.00 e. The summed E-state index contributed by atoms with van der Waals surface area (Å²) in [5, 5.41) is 0. The van der Waals surface area contributed by atoms with Crippen molar-refractivity contribution in [3.8, 4) is 0 Å². The maximum absolute atomic E-state index is 5.28. The molecule has 0 bridgehead atoms. The van der Waals surface area contributed by atoms with Gasteiger partial charge in [-0.2, -0.15) is 0 Å². The summed E-state index contributed by atoms with van der Waals surface area (Å²) in [6.45, 7) is 41.2. The molecule has 0 spiro atoms. The van der Waals surface area contributed by atoms with Gasteiger partial charge in [0.1, 0.15) is 0 Å². The molecule has 7 heteroatoms. The molecule has 0 aromatic heterocycles. The monoisotopic (exact) mass is 746 g/mol. The second kappa shape index (κ2) is 23.2. The third-order valence-corrected chi connectivity index (χ3v) is 8.96. The van der Waals surface area contributed by atoms with Gasteiger partial charge in [0.25, 0.3) is 0 Å². The van der Waals surface area contributed by atoms with Crippen LogP contribution in [0.15, 0.2) is 0 Å². The molecular formula is C38H76N2NiS4. The normalized spacial score (nSPS) is 15.1. The van der Waals surface area contributed by atoms with E-state index in [9.17, 15) is 0 Å². The third-order valence-electron chi connectivity index (χ3n) is 7.93. The maximum atomic E-state index is 5.28. The van der Waals surface area contributed by atoms with Gasteiger partial charge in [0.2, 0.25) is 0 Å². The summed E-state index contributed by atoms with van der Waals surface area (Å²) in [5.41, 5.74) is 1.61. The summed E-state index contributed by atoms with van der Waals surface area (Å²) in [4.78, 5) is 4.48. The van der Waals surface area contributed by atoms with Crippen molar-refractivity contribution in [3.05, 3.63) is 0 Å². The molecule has 0 saturated heterocycles. The fourth-order valence-electron chi connectivity index (χ4n) is 6.68. The zero-order valence-electron chi connectivity index (χ0n) is 32.6. The molecule has 0 rings (SSSR count). The van der Waals surface area contributed by atoms with E-state index in [1.54, 1.807) is 0 Å². The van der Waals surface area contributed by atoms with Gasteiger partial charge >= 0.3 is 16.5 Å². The molecule has 4 atom stereocenters. The zero-order valence-corrected chi connectivity index (χ0v) is 36.9. The van der Waals surface area contributed by atoms with Crippen molar-refractivity contribution in [2.45, 2.75) is 162 Å². The molecule has 0 aromatic carbocycles. The minimum Gasteiger partial charge on any atom is -0.411 e. The van der Waals surface area contributed by atoms with Crippen molar-refractivity contribution in [1.82, 2.24) is 9.80 Å². The van der Waals surface area contributed by atoms with Crippen LogP contribution in [0.25, 0.3) is 0 Å². The van der Waals surface area contributed by atoms with Gasteiger partial charge in [-0.3, -0.25) is 0 Å². The molecule has 0 radical (unpaired) electrons. The minimum atomic E-state index is 0. The van der Waals surface area contributed by atoms with Crippen molar-refractivity contribution in [2.75, 3.05) is 26.2 Å². The van der Waals surface area contributed by atoms with Crippen LogP contribution in [-0.2, 0) is 41.7 Å². The summed E-state index contributed by atoms with van der Waals surface area (Å²) in [7, 11) is 0. The van der Waals surface area contributed by atoms with Gasteiger partial charge in [-0.1, -0.05) is 119 Å². The van der Waals surface area contributed by atoms with Crippen molar-refractivity contribution in [1.29, 1.82) is 0 Å². The van der Waals surface area contributed by atoms with Crippen LogP contribution in [0.2, 0.25) is 0 Å². The summed E-state index contributed by atoms with van der Waals surface area (Å²) in [5.74, 6) is 2.88. The first kappa shape index (κ1) is 50.1. The number of rotatable bonds is 16. The Morgan fingerprint density at radius 3 is 0.711 bits per heavy atom. The molecule has 0 aliphatic carbocycles. The summed E-state index contributed by atoms with van der Waals surface area (Å²) >= 11 is 21.1. The van der Waals surface area contributed by atoms with Crippen molar-refractivity contribution < 1.29 is 16.5 Å². The van der Waals surface area contributed by atoms with E-state index in [2.05, 4.69) is 121 Å². The van der Waals surface area contributed by atoms with E-state index < -0.39 is 0 Å². The number of thiocarbonyl (C=S) groups is 2. The Bertz CT molecular complexity index is 672. The first-order valence-electron chi connectivity index (χ1n) is 17.5. The standard InChI is InChI=1S/2C19H39NS2.Ni/c2*1-15(13-18(3,4)5)9-11-20(17(21)22)12-10-16(2)14-19(6,7)8;/h2*15-16H,9-14H2,1-8H3,(H,21,22);/q;;+2/p-2. The molecule has 0 aliphatic rings. The van der Waals surface area contributed by atoms with Crippen LogP contribution in [0.5, 0.6) is 0 Å². The molecule has 0 fully saturated rings. The van der Waals surface area contributed by atoms with Crippen LogP contribution in [0.4, 0.5) is 0 Å². The Morgan fingerprint density at radius 1 is 0.444 bits per heavy atom. The average Bonchev–Trinajstić information content (AvgIpc) is 2.74. The van der Waals surface area contributed by atoms with E-state index in [-0.39, 0.29) is 16.5 Å². The Labute approximate surface area is 316 Å². The van der Waals surface area contributed by atoms with Gasteiger partial charge < -0.3 is 59.5 Å². The van der Waals surface area contributed by atoms with Crippen LogP contribution >= 0.6 is 24.4 Å². The molecule has 272 valence electrons. The van der Waals surface area contributed by atoms with E-state index in [1.165, 1.54) is 51.4 Å². The fourth-order valence-corrected chi connectivity index (χ4v) is 7.41. The van der Waals surface area contributed by atoms with E-state index in [0.717, 1.165) is 49.9 Å². The second-order valence-corrected chi connectivity index (χ2v) is 21.2. The van der Waals surface area contributed by atoms with Crippen LogP contribution in [0.3, 0.4) is 0 Å². The molecule has 2 nitrogen and oxygen atoms in total. The predicted octanol–water partition coefficient (Wildman–Crippen LogP) is 12.1. The Balaban J connectivity index is -0.000000767. The van der Waals surface area contributed by atoms with Crippen molar-refractivity contribution >= 4 is 58.3 Å². The molecule has 0 heterocycles. The van der Waals surface area contributed by atoms with E-state index in [0.29, 0.717) is 30.3 Å². The second-order valence-electron chi connectivity index (χ2n) is 19.1. The first-order chi connectivity index (χ1) is 19.6. The molecule has 4 unspecified atom stereocenters. The molecular weight excluding hydrogens is 671 g/mol. The largest absolute Gasteiger partial charge is 2.00 e. The zero-order chi connectivity index (χ0) is 35.1. The van der Waals surface area contributed by atoms with Crippen molar-refractivity contribution in [2.24, 2.45) is 45.3 Å². The minimum absolute atomic E-state index is 0.